The lowest BCUT2D eigenvalue weighted by atomic mass is 10.2. The van der Waals surface area contributed by atoms with E-state index < -0.39 is 10.0 Å². The number of nitrogens with zero attached hydrogens (tertiary/aromatic N) is 1. The molecule has 1 heterocycles. The maximum atomic E-state index is 12.0. The number of carbonyl (C=O) groups excluding carboxylic acids is 1. The number of nitrogens with one attached hydrogen (secondary N) is 2. The molecule has 1 saturated carbocycles. The molecule has 0 radical (unpaired) electrons. The Kier molecular flexibility index (Phi) is 4.99. The predicted octanol–water partition coefficient (Wildman–Crippen LogP) is 0.708. The molecule has 1 aromatic carbocycles. The third-order valence-electron chi connectivity index (χ3n) is 4.35. The maximum Gasteiger partial charge on any atom is 0.240 e. The molecule has 2 aliphatic rings. The molecule has 2 fully saturated rings. The van der Waals surface area contributed by atoms with Crippen molar-refractivity contribution >= 4 is 15.9 Å². The van der Waals surface area contributed by atoms with Gasteiger partial charge < -0.3 is 5.32 Å². The van der Waals surface area contributed by atoms with Crippen LogP contribution in [-0.4, -0.2) is 50.9 Å². The lowest BCUT2D eigenvalue weighted by Gasteiger charge is -2.15. The highest BCUT2D eigenvalue weighted by atomic mass is 32.2. The summed E-state index contributed by atoms with van der Waals surface area (Å²) in [5.74, 6) is -0.0941. The summed E-state index contributed by atoms with van der Waals surface area (Å²) in [5, 5.41) is 3.00. The first kappa shape index (κ1) is 16.4. The van der Waals surface area contributed by atoms with Crippen molar-refractivity contribution in [3.63, 3.8) is 0 Å². The first-order valence-corrected chi connectivity index (χ1v) is 9.61. The summed E-state index contributed by atoms with van der Waals surface area (Å²) in [6, 6.07) is 9.11. The predicted molar refractivity (Wildman–Crippen MR) is 87.4 cm³/mol. The number of rotatable bonds is 7. The Morgan fingerprint density at radius 3 is 2.61 bits per heavy atom. The number of benzene rings is 1. The Bertz CT molecular complexity index is 644. The normalized spacial score (nSPS) is 22.2. The van der Waals surface area contributed by atoms with Crippen molar-refractivity contribution < 1.29 is 13.2 Å². The van der Waals surface area contributed by atoms with E-state index in [1.54, 1.807) is 18.2 Å². The Morgan fingerprint density at radius 2 is 1.91 bits per heavy atom. The van der Waals surface area contributed by atoms with Crippen LogP contribution < -0.4 is 10.0 Å². The van der Waals surface area contributed by atoms with Crippen LogP contribution in [0.4, 0.5) is 0 Å². The number of likely N-dealkylation sites (tertiary alicyclic amines) is 1. The largest absolute Gasteiger partial charge is 0.352 e. The van der Waals surface area contributed by atoms with E-state index in [1.807, 2.05) is 0 Å². The molecule has 0 spiro atoms. The van der Waals surface area contributed by atoms with Crippen LogP contribution in [0.1, 0.15) is 25.7 Å². The molecule has 1 aromatic rings. The van der Waals surface area contributed by atoms with Crippen LogP contribution in [0.3, 0.4) is 0 Å². The van der Waals surface area contributed by atoms with Gasteiger partial charge in [0.15, 0.2) is 0 Å². The number of carbonyl (C=O) groups is 1. The second kappa shape index (κ2) is 6.98. The van der Waals surface area contributed by atoms with Crippen molar-refractivity contribution in [1.29, 1.82) is 0 Å². The monoisotopic (exact) mass is 337 g/mol. The summed E-state index contributed by atoms with van der Waals surface area (Å²) in [5.41, 5.74) is 0. The topological polar surface area (TPSA) is 78.5 Å². The van der Waals surface area contributed by atoms with Crippen molar-refractivity contribution in [3.05, 3.63) is 30.3 Å². The number of hydrogen-bond donors (Lipinski definition) is 2. The molecule has 0 bridgehead atoms. The third-order valence-corrected chi connectivity index (χ3v) is 5.82. The molecule has 0 unspecified atom stereocenters. The third kappa shape index (κ3) is 4.53. The van der Waals surface area contributed by atoms with E-state index in [4.69, 9.17) is 0 Å². The van der Waals surface area contributed by atoms with Gasteiger partial charge in [-0.15, -0.1) is 0 Å². The second-order valence-electron chi connectivity index (χ2n) is 6.24. The highest BCUT2D eigenvalue weighted by molar-refractivity contribution is 7.89. The van der Waals surface area contributed by atoms with Crippen LogP contribution in [0.15, 0.2) is 35.2 Å². The summed E-state index contributed by atoms with van der Waals surface area (Å²) < 4.78 is 26.5. The highest BCUT2D eigenvalue weighted by Gasteiger charge is 2.34. The summed E-state index contributed by atoms with van der Waals surface area (Å²) in [7, 11) is -3.53. The van der Waals surface area contributed by atoms with Crippen LogP contribution in [0, 0.1) is 0 Å². The van der Waals surface area contributed by atoms with Gasteiger partial charge in [0.05, 0.1) is 4.90 Å². The number of amides is 1. The Morgan fingerprint density at radius 1 is 1.17 bits per heavy atom. The van der Waals surface area contributed by atoms with Crippen molar-refractivity contribution in [3.8, 4) is 0 Å². The zero-order valence-corrected chi connectivity index (χ0v) is 13.9. The second-order valence-corrected chi connectivity index (χ2v) is 8.01. The van der Waals surface area contributed by atoms with Gasteiger partial charge in [0.25, 0.3) is 0 Å². The Balaban J connectivity index is 1.39. The quantitative estimate of drug-likeness (QED) is 0.768. The van der Waals surface area contributed by atoms with Crippen LogP contribution in [0.5, 0.6) is 0 Å². The van der Waals surface area contributed by atoms with Crippen molar-refractivity contribution in [2.24, 2.45) is 0 Å². The van der Waals surface area contributed by atoms with E-state index in [1.165, 1.54) is 25.0 Å². The Hall–Kier alpha value is -1.44. The Labute approximate surface area is 137 Å². The zero-order valence-electron chi connectivity index (χ0n) is 13.1. The molecule has 6 nitrogen and oxygen atoms in total. The fourth-order valence-electron chi connectivity index (χ4n) is 2.96. The molecule has 23 heavy (non-hydrogen) atoms. The molecule has 2 N–H and O–H groups in total. The molecule has 1 aliphatic carbocycles. The summed E-state index contributed by atoms with van der Waals surface area (Å²) in [6.45, 7) is 2.09. The standard InChI is InChI=1S/C16H23N3O3S/c20-16(18-13-9-11-19(12-13)14-6-7-14)8-10-17-23(21,22)15-4-2-1-3-5-15/h1-5,13-14,17H,6-12H2,(H,18,20)/t13-/m0/s1. The van der Waals surface area contributed by atoms with Crippen LogP contribution in [-0.2, 0) is 14.8 Å². The van der Waals surface area contributed by atoms with Crippen molar-refractivity contribution in [2.45, 2.75) is 42.7 Å². The first-order valence-electron chi connectivity index (χ1n) is 8.13. The van der Waals surface area contributed by atoms with Gasteiger partial charge in [-0.05, 0) is 31.4 Å². The van der Waals surface area contributed by atoms with Crippen LogP contribution in [0.2, 0.25) is 0 Å². The van der Waals surface area contributed by atoms with Crippen molar-refractivity contribution in [1.82, 2.24) is 14.9 Å². The molecule has 1 atom stereocenters. The van der Waals surface area contributed by atoms with Gasteiger partial charge in [0.1, 0.15) is 0 Å². The SMILES string of the molecule is O=C(CCNS(=O)(=O)c1ccccc1)N[C@H]1CCN(C2CC2)C1. The fraction of sp³-hybridized carbons (Fsp3) is 0.562. The molecular weight excluding hydrogens is 314 g/mol. The zero-order chi connectivity index (χ0) is 16.3. The molecule has 1 amide bonds. The van der Waals surface area contributed by atoms with Gasteiger partial charge in [-0.25, -0.2) is 13.1 Å². The molecule has 7 heteroatoms. The first-order chi connectivity index (χ1) is 11.0. The molecule has 1 aliphatic heterocycles. The lowest BCUT2D eigenvalue weighted by molar-refractivity contribution is -0.121. The summed E-state index contributed by atoms with van der Waals surface area (Å²) in [4.78, 5) is 14.6. The maximum absolute atomic E-state index is 12.0. The van der Waals surface area contributed by atoms with E-state index in [2.05, 4.69) is 14.9 Å². The average molecular weight is 337 g/mol. The minimum absolute atomic E-state index is 0.0941. The average Bonchev–Trinajstić information content (AvgIpc) is 3.28. The smallest absolute Gasteiger partial charge is 0.240 e. The molecule has 1 saturated heterocycles. The van der Waals surface area contributed by atoms with E-state index >= 15 is 0 Å². The van der Waals surface area contributed by atoms with Gasteiger partial charge in [-0.1, -0.05) is 18.2 Å². The van der Waals surface area contributed by atoms with E-state index in [0.29, 0.717) is 0 Å². The van der Waals surface area contributed by atoms with Crippen molar-refractivity contribution in [2.75, 3.05) is 19.6 Å². The van der Waals surface area contributed by atoms with Gasteiger partial charge >= 0.3 is 0 Å². The van der Waals surface area contributed by atoms with E-state index in [9.17, 15) is 13.2 Å². The number of hydrogen-bond acceptors (Lipinski definition) is 4. The summed E-state index contributed by atoms with van der Waals surface area (Å²) in [6.07, 6.45) is 3.70. The van der Waals surface area contributed by atoms with Crippen LogP contribution >= 0.6 is 0 Å². The van der Waals surface area contributed by atoms with Gasteiger partial charge in [0, 0.05) is 38.1 Å². The minimum atomic E-state index is -3.53. The molecule has 0 aromatic heterocycles. The molecule has 126 valence electrons. The molecular formula is C16H23N3O3S. The van der Waals surface area contributed by atoms with Gasteiger partial charge in [-0.2, -0.15) is 0 Å². The summed E-state index contributed by atoms with van der Waals surface area (Å²) >= 11 is 0. The van der Waals surface area contributed by atoms with Gasteiger partial charge in [0.2, 0.25) is 15.9 Å². The lowest BCUT2D eigenvalue weighted by Crippen LogP contribution is -2.39. The van der Waals surface area contributed by atoms with E-state index in [0.717, 1.165) is 25.6 Å². The van der Waals surface area contributed by atoms with E-state index in [-0.39, 0.29) is 29.8 Å². The highest BCUT2D eigenvalue weighted by Crippen LogP contribution is 2.29. The minimum Gasteiger partial charge on any atom is -0.352 e. The van der Waals surface area contributed by atoms with Gasteiger partial charge in [-0.3, -0.25) is 9.69 Å². The molecule has 3 rings (SSSR count). The number of sulfonamides is 1. The fourth-order valence-corrected chi connectivity index (χ4v) is 4.01. The van der Waals surface area contributed by atoms with Crippen LogP contribution in [0.25, 0.3) is 0 Å².